The van der Waals surface area contributed by atoms with Crippen molar-refractivity contribution >= 4 is 5.78 Å². The van der Waals surface area contributed by atoms with Gasteiger partial charge in [0, 0.05) is 22.7 Å². The van der Waals surface area contributed by atoms with Gasteiger partial charge in [-0.1, -0.05) is 18.6 Å². The maximum absolute atomic E-state index is 12.8. The Labute approximate surface area is 154 Å². The van der Waals surface area contributed by atoms with Crippen molar-refractivity contribution in [2.24, 2.45) is 0 Å². The van der Waals surface area contributed by atoms with Crippen molar-refractivity contribution in [3.63, 3.8) is 0 Å². The monoisotopic (exact) mass is 351 g/mol. The van der Waals surface area contributed by atoms with Crippen LogP contribution in [0, 0.1) is 0 Å². The van der Waals surface area contributed by atoms with E-state index in [0.29, 0.717) is 24.0 Å². The minimum Gasteiger partial charge on any atom is -0.497 e. The van der Waals surface area contributed by atoms with Gasteiger partial charge in [-0.05, 0) is 62.7 Å². The number of ketones is 1. The van der Waals surface area contributed by atoms with Crippen LogP contribution >= 0.6 is 0 Å². The Morgan fingerprint density at radius 2 is 1.85 bits per heavy atom. The number of hydrogen-bond donors (Lipinski definition) is 0. The number of likely N-dealkylation sites (tertiary alicyclic amines) is 1. The summed E-state index contributed by atoms with van der Waals surface area (Å²) in [6.45, 7) is 5.16. The fourth-order valence-corrected chi connectivity index (χ4v) is 3.99. The SMILES string of the molecule is COc1ccc2c(c1)C(=O)c1cccc(OCC(C)N3CCCCC3)c1-2. The molecule has 1 unspecified atom stereocenters. The highest BCUT2D eigenvalue weighted by atomic mass is 16.5. The molecule has 2 aromatic carbocycles. The Bertz CT molecular complexity index is 824. The number of rotatable bonds is 5. The molecule has 0 radical (unpaired) electrons. The lowest BCUT2D eigenvalue weighted by Gasteiger charge is -2.32. The Morgan fingerprint density at radius 1 is 1.04 bits per heavy atom. The lowest BCUT2D eigenvalue weighted by molar-refractivity contribution is 0.104. The normalized spacial score (nSPS) is 17.5. The standard InChI is InChI=1S/C22H25NO3/c1-15(23-11-4-3-5-12-23)14-26-20-8-6-7-18-21(20)17-10-9-16(25-2)13-19(17)22(18)24/h6-10,13,15H,3-5,11-12,14H2,1-2H3. The zero-order valence-corrected chi connectivity index (χ0v) is 15.5. The fraction of sp³-hybridized carbons (Fsp3) is 0.409. The lowest BCUT2D eigenvalue weighted by atomic mass is 10.0. The van der Waals surface area contributed by atoms with Gasteiger partial charge >= 0.3 is 0 Å². The first-order valence-electron chi connectivity index (χ1n) is 9.42. The molecule has 1 aliphatic carbocycles. The third-order valence-electron chi connectivity index (χ3n) is 5.51. The van der Waals surface area contributed by atoms with E-state index in [1.807, 2.05) is 36.4 Å². The highest BCUT2D eigenvalue weighted by Gasteiger charge is 2.30. The van der Waals surface area contributed by atoms with Gasteiger partial charge in [-0.3, -0.25) is 9.69 Å². The molecule has 0 saturated carbocycles. The Morgan fingerprint density at radius 3 is 2.62 bits per heavy atom. The van der Waals surface area contributed by atoms with E-state index in [-0.39, 0.29) is 5.78 Å². The second kappa shape index (κ2) is 7.12. The minimum absolute atomic E-state index is 0.0448. The van der Waals surface area contributed by atoms with E-state index in [4.69, 9.17) is 9.47 Å². The van der Waals surface area contributed by atoms with Crippen LogP contribution in [0.15, 0.2) is 36.4 Å². The summed E-state index contributed by atoms with van der Waals surface area (Å²) in [7, 11) is 1.62. The zero-order valence-electron chi connectivity index (χ0n) is 15.5. The van der Waals surface area contributed by atoms with Crippen molar-refractivity contribution in [2.45, 2.75) is 32.2 Å². The maximum atomic E-state index is 12.8. The molecule has 0 bridgehead atoms. The van der Waals surface area contributed by atoms with Crippen LogP contribution in [0.5, 0.6) is 11.5 Å². The predicted molar refractivity (Wildman–Crippen MR) is 102 cm³/mol. The van der Waals surface area contributed by atoms with Crippen molar-refractivity contribution in [1.82, 2.24) is 4.90 Å². The van der Waals surface area contributed by atoms with Gasteiger partial charge in [-0.2, -0.15) is 0 Å². The molecule has 0 N–H and O–H groups in total. The molecule has 0 spiro atoms. The molecule has 1 fully saturated rings. The number of nitrogens with zero attached hydrogens (tertiary/aromatic N) is 1. The maximum Gasteiger partial charge on any atom is 0.194 e. The van der Waals surface area contributed by atoms with Gasteiger partial charge in [0.1, 0.15) is 18.1 Å². The van der Waals surface area contributed by atoms with E-state index >= 15 is 0 Å². The average molecular weight is 351 g/mol. The van der Waals surface area contributed by atoms with Crippen molar-refractivity contribution in [2.75, 3.05) is 26.8 Å². The van der Waals surface area contributed by atoms with Gasteiger partial charge < -0.3 is 9.47 Å². The van der Waals surface area contributed by atoms with Crippen LogP contribution < -0.4 is 9.47 Å². The summed E-state index contributed by atoms with van der Waals surface area (Å²) in [5.74, 6) is 1.54. The second-order valence-corrected chi connectivity index (χ2v) is 7.18. The first-order valence-corrected chi connectivity index (χ1v) is 9.42. The molecule has 0 aromatic heterocycles. The zero-order chi connectivity index (χ0) is 18.1. The van der Waals surface area contributed by atoms with Gasteiger partial charge in [0.15, 0.2) is 5.78 Å². The summed E-state index contributed by atoms with van der Waals surface area (Å²) >= 11 is 0. The molecule has 1 saturated heterocycles. The largest absolute Gasteiger partial charge is 0.497 e. The van der Waals surface area contributed by atoms with Crippen LogP contribution in [0.3, 0.4) is 0 Å². The van der Waals surface area contributed by atoms with E-state index < -0.39 is 0 Å². The first-order chi connectivity index (χ1) is 12.7. The molecule has 1 aliphatic heterocycles. The molecule has 26 heavy (non-hydrogen) atoms. The van der Waals surface area contributed by atoms with Crippen LogP contribution in [-0.4, -0.2) is 43.5 Å². The highest BCUT2D eigenvalue weighted by molar-refractivity contribution is 6.22. The molecule has 2 aromatic rings. The summed E-state index contributed by atoms with van der Waals surface area (Å²) < 4.78 is 11.5. The number of fused-ring (bicyclic) bond motifs is 3. The van der Waals surface area contributed by atoms with Crippen molar-refractivity contribution < 1.29 is 14.3 Å². The molecular weight excluding hydrogens is 326 g/mol. The first kappa shape index (κ1) is 17.1. The van der Waals surface area contributed by atoms with Gasteiger partial charge in [0.25, 0.3) is 0 Å². The summed E-state index contributed by atoms with van der Waals surface area (Å²) in [5, 5.41) is 0. The summed E-state index contributed by atoms with van der Waals surface area (Å²) in [4.78, 5) is 15.3. The molecule has 4 heteroatoms. The molecular formula is C22H25NO3. The van der Waals surface area contributed by atoms with E-state index in [9.17, 15) is 4.79 Å². The number of hydrogen-bond acceptors (Lipinski definition) is 4. The van der Waals surface area contributed by atoms with Crippen LogP contribution in [0.2, 0.25) is 0 Å². The Kier molecular flexibility index (Phi) is 4.68. The summed E-state index contributed by atoms with van der Waals surface area (Å²) in [6.07, 6.45) is 3.88. The van der Waals surface area contributed by atoms with Crippen LogP contribution in [0.1, 0.15) is 42.1 Å². The molecule has 1 heterocycles. The third-order valence-corrected chi connectivity index (χ3v) is 5.51. The third kappa shape index (κ3) is 2.99. The van der Waals surface area contributed by atoms with E-state index in [0.717, 1.165) is 35.5 Å². The van der Waals surface area contributed by atoms with Crippen LogP contribution in [0.25, 0.3) is 11.1 Å². The summed E-state index contributed by atoms with van der Waals surface area (Å²) in [6, 6.07) is 11.8. The number of methoxy groups -OCH3 is 1. The smallest absolute Gasteiger partial charge is 0.194 e. The molecule has 136 valence electrons. The molecule has 4 nitrogen and oxygen atoms in total. The van der Waals surface area contributed by atoms with Crippen LogP contribution in [-0.2, 0) is 0 Å². The fourth-order valence-electron chi connectivity index (χ4n) is 3.99. The highest BCUT2D eigenvalue weighted by Crippen LogP contribution is 2.43. The molecule has 4 rings (SSSR count). The van der Waals surface area contributed by atoms with Crippen LogP contribution in [0.4, 0.5) is 0 Å². The van der Waals surface area contributed by atoms with E-state index in [1.54, 1.807) is 7.11 Å². The molecule has 2 aliphatic rings. The van der Waals surface area contributed by atoms with Gasteiger partial charge in [0.05, 0.1) is 7.11 Å². The van der Waals surface area contributed by atoms with E-state index in [2.05, 4.69) is 11.8 Å². The Hall–Kier alpha value is -2.33. The average Bonchev–Trinajstić information content (AvgIpc) is 2.99. The van der Waals surface area contributed by atoms with E-state index in [1.165, 1.54) is 19.3 Å². The van der Waals surface area contributed by atoms with Gasteiger partial charge in [-0.25, -0.2) is 0 Å². The van der Waals surface area contributed by atoms with Gasteiger partial charge in [-0.15, -0.1) is 0 Å². The number of benzene rings is 2. The number of carbonyl (C=O) groups is 1. The quantitative estimate of drug-likeness (QED) is 0.692. The Balaban J connectivity index is 1.59. The number of carbonyl (C=O) groups excluding carboxylic acids is 1. The molecule has 0 amide bonds. The number of piperidine rings is 1. The second-order valence-electron chi connectivity index (χ2n) is 7.18. The van der Waals surface area contributed by atoms with Crippen molar-refractivity contribution in [3.8, 4) is 22.6 Å². The predicted octanol–water partition coefficient (Wildman–Crippen LogP) is 4.16. The molecule has 1 atom stereocenters. The van der Waals surface area contributed by atoms with Gasteiger partial charge in [0.2, 0.25) is 0 Å². The number of ether oxygens (including phenoxy) is 2. The van der Waals surface area contributed by atoms with Crippen molar-refractivity contribution in [1.29, 1.82) is 0 Å². The summed E-state index contributed by atoms with van der Waals surface area (Å²) in [5.41, 5.74) is 3.27. The minimum atomic E-state index is 0.0448. The lowest BCUT2D eigenvalue weighted by Crippen LogP contribution is -2.40. The topological polar surface area (TPSA) is 38.8 Å². The van der Waals surface area contributed by atoms with Crippen molar-refractivity contribution in [3.05, 3.63) is 47.5 Å².